The van der Waals surface area contributed by atoms with Crippen LogP contribution in [0.5, 0.6) is 0 Å². The first-order chi connectivity index (χ1) is 11.0. The summed E-state index contributed by atoms with van der Waals surface area (Å²) in [6, 6.07) is 7.38. The third-order valence-corrected chi connectivity index (χ3v) is 9.14. The van der Waals surface area contributed by atoms with E-state index in [9.17, 15) is 8.42 Å². The Morgan fingerprint density at radius 3 is 1.87 bits per heavy atom. The van der Waals surface area contributed by atoms with Gasteiger partial charge >= 0.3 is 0 Å². The van der Waals surface area contributed by atoms with Gasteiger partial charge in [-0.05, 0) is 31.9 Å². The Kier molecular flexibility index (Phi) is 7.86. The van der Waals surface area contributed by atoms with Gasteiger partial charge in [-0.2, -0.15) is 0 Å². The van der Waals surface area contributed by atoms with Crippen molar-refractivity contribution in [1.82, 2.24) is 0 Å². The van der Waals surface area contributed by atoms with Gasteiger partial charge in [0.05, 0.1) is 10.1 Å². The van der Waals surface area contributed by atoms with Gasteiger partial charge in [-0.3, -0.25) is 0 Å². The molecular weight excluding hydrogens is 419 g/mol. The van der Waals surface area contributed by atoms with Crippen molar-refractivity contribution in [2.75, 3.05) is 0 Å². The van der Waals surface area contributed by atoms with Crippen LogP contribution in [0.4, 0.5) is 0 Å². The highest BCUT2D eigenvalue weighted by molar-refractivity contribution is 14.1. The van der Waals surface area contributed by atoms with Crippen LogP contribution < -0.4 is 0 Å². The first-order valence-electron chi connectivity index (χ1n) is 8.96. The molecule has 1 aliphatic rings. The van der Waals surface area contributed by atoms with Crippen molar-refractivity contribution in [2.24, 2.45) is 0 Å². The van der Waals surface area contributed by atoms with Crippen molar-refractivity contribution in [2.45, 2.75) is 85.2 Å². The minimum Gasteiger partial charge on any atom is -0.223 e. The summed E-state index contributed by atoms with van der Waals surface area (Å²) < 4.78 is 26.5. The molecule has 2 nitrogen and oxygen atoms in total. The number of alkyl halides is 1. The molecule has 0 bridgehead atoms. The predicted molar refractivity (Wildman–Crippen MR) is 106 cm³/mol. The van der Waals surface area contributed by atoms with Gasteiger partial charge in [0.15, 0.2) is 9.84 Å². The summed E-state index contributed by atoms with van der Waals surface area (Å²) in [4.78, 5) is 0.502. The molecule has 0 aromatic heterocycles. The highest BCUT2D eigenvalue weighted by Crippen LogP contribution is 2.30. The fourth-order valence-electron chi connectivity index (χ4n) is 3.36. The number of hydrogen-bond acceptors (Lipinski definition) is 2. The third-order valence-electron chi connectivity index (χ3n) is 4.87. The molecule has 23 heavy (non-hydrogen) atoms. The number of benzene rings is 1. The van der Waals surface area contributed by atoms with E-state index in [4.69, 9.17) is 0 Å². The lowest BCUT2D eigenvalue weighted by Gasteiger charge is -2.24. The molecule has 1 saturated carbocycles. The minimum atomic E-state index is -3.22. The average molecular weight is 448 g/mol. The molecule has 1 aliphatic carbocycles. The lowest BCUT2D eigenvalue weighted by molar-refractivity contribution is 0.503. The Morgan fingerprint density at radius 2 is 1.30 bits per heavy atom. The van der Waals surface area contributed by atoms with Gasteiger partial charge in [0.1, 0.15) is 0 Å². The smallest absolute Gasteiger partial charge is 0.182 e. The van der Waals surface area contributed by atoms with Gasteiger partial charge in [0.2, 0.25) is 0 Å². The summed E-state index contributed by atoms with van der Waals surface area (Å²) in [6.07, 6.45) is 11.7. The van der Waals surface area contributed by atoms with Crippen LogP contribution in [0.25, 0.3) is 0 Å². The zero-order valence-corrected chi connectivity index (χ0v) is 17.1. The molecule has 0 N–H and O–H groups in total. The third kappa shape index (κ3) is 5.73. The summed E-state index contributed by atoms with van der Waals surface area (Å²) in [5.74, 6) is 0. The van der Waals surface area contributed by atoms with Crippen molar-refractivity contribution < 1.29 is 8.42 Å². The van der Waals surface area contributed by atoms with E-state index in [2.05, 4.69) is 22.6 Å². The fraction of sp³-hybridized carbons (Fsp3) is 0.684. The van der Waals surface area contributed by atoms with Crippen LogP contribution in [0.3, 0.4) is 0 Å². The molecule has 0 radical (unpaired) electrons. The number of halogens is 1. The normalized spacial score (nSPS) is 25.3. The van der Waals surface area contributed by atoms with Crippen molar-refractivity contribution in [3.05, 3.63) is 29.8 Å². The highest BCUT2D eigenvalue weighted by Gasteiger charge is 2.32. The maximum absolute atomic E-state index is 13.1. The Morgan fingerprint density at radius 1 is 0.826 bits per heavy atom. The van der Waals surface area contributed by atoms with Crippen LogP contribution in [-0.4, -0.2) is 17.6 Å². The number of sulfone groups is 1. The zero-order chi connectivity index (χ0) is 16.7. The van der Waals surface area contributed by atoms with Crippen LogP contribution in [0.1, 0.15) is 69.8 Å². The van der Waals surface area contributed by atoms with Crippen LogP contribution in [0.15, 0.2) is 29.2 Å². The van der Waals surface area contributed by atoms with Gasteiger partial charge in [-0.1, -0.05) is 91.7 Å². The second kappa shape index (κ2) is 9.40. The summed E-state index contributed by atoms with van der Waals surface area (Å²) in [5.41, 5.74) is 1.11. The van der Waals surface area contributed by atoms with E-state index >= 15 is 0 Å². The maximum Gasteiger partial charge on any atom is 0.182 e. The molecule has 1 aromatic carbocycles. The predicted octanol–water partition coefficient (Wildman–Crippen LogP) is 5.86. The van der Waals surface area contributed by atoms with Crippen LogP contribution in [-0.2, 0) is 9.84 Å². The molecule has 0 saturated heterocycles. The summed E-state index contributed by atoms with van der Waals surface area (Å²) in [7, 11) is -3.22. The molecule has 0 spiro atoms. The van der Waals surface area contributed by atoms with Crippen molar-refractivity contribution in [3.8, 4) is 0 Å². The van der Waals surface area contributed by atoms with Crippen molar-refractivity contribution >= 4 is 32.4 Å². The molecule has 2 unspecified atom stereocenters. The maximum atomic E-state index is 13.1. The molecule has 2 atom stereocenters. The van der Waals surface area contributed by atoms with Gasteiger partial charge < -0.3 is 0 Å². The van der Waals surface area contributed by atoms with Crippen LogP contribution in [0, 0.1) is 6.92 Å². The topological polar surface area (TPSA) is 34.1 Å². The Labute approximate surface area is 155 Å². The standard InChI is InChI=1S/C19H29IO2S/c1-16-12-14-17(15-13-16)23(21,22)19-11-9-7-5-3-2-4-6-8-10-18(19)20/h12-15,18-19H,2-11H2,1H3. The number of rotatable bonds is 2. The van der Waals surface area contributed by atoms with E-state index in [1.165, 1.54) is 38.5 Å². The molecule has 1 fully saturated rings. The molecule has 1 aromatic rings. The molecule has 4 heteroatoms. The quantitative estimate of drug-likeness (QED) is 0.420. The van der Waals surface area contributed by atoms with Crippen LogP contribution >= 0.6 is 22.6 Å². The molecular formula is C19H29IO2S. The zero-order valence-electron chi connectivity index (χ0n) is 14.1. The van der Waals surface area contributed by atoms with Crippen LogP contribution in [0.2, 0.25) is 0 Å². The first-order valence-corrected chi connectivity index (χ1v) is 11.8. The second-order valence-electron chi connectivity index (χ2n) is 6.82. The molecule has 2 rings (SSSR count). The monoisotopic (exact) mass is 448 g/mol. The summed E-state index contributed by atoms with van der Waals surface area (Å²) in [5, 5.41) is -0.231. The Balaban J connectivity index is 2.17. The average Bonchev–Trinajstić information content (AvgIpc) is 2.51. The molecule has 0 heterocycles. The lowest BCUT2D eigenvalue weighted by atomic mass is 10.0. The van der Waals surface area contributed by atoms with Gasteiger partial charge in [0, 0.05) is 3.92 Å². The molecule has 0 aliphatic heterocycles. The summed E-state index contributed by atoms with van der Waals surface area (Å²) in [6.45, 7) is 1.99. The van der Waals surface area contributed by atoms with E-state index in [1.54, 1.807) is 12.1 Å². The Bertz CT molecular complexity index is 566. The van der Waals surface area contributed by atoms with E-state index in [0.717, 1.165) is 31.2 Å². The minimum absolute atomic E-state index is 0.221. The first kappa shape index (κ1) is 19.2. The van der Waals surface area contributed by atoms with E-state index in [1.807, 2.05) is 19.1 Å². The largest absolute Gasteiger partial charge is 0.223 e. The lowest BCUT2D eigenvalue weighted by Crippen LogP contribution is -2.30. The van der Waals surface area contributed by atoms with E-state index < -0.39 is 9.84 Å². The number of hydrogen-bond donors (Lipinski definition) is 0. The van der Waals surface area contributed by atoms with Crippen molar-refractivity contribution in [3.63, 3.8) is 0 Å². The summed E-state index contributed by atoms with van der Waals surface area (Å²) >= 11 is 2.39. The highest BCUT2D eigenvalue weighted by atomic mass is 127. The van der Waals surface area contributed by atoms with Gasteiger partial charge in [0.25, 0.3) is 0 Å². The Hall–Kier alpha value is -0.100. The fourth-order valence-corrected chi connectivity index (χ4v) is 7.19. The SMILES string of the molecule is Cc1ccc(S(=O)(=O)C2CCCCCCCCCCC2I)cc1. The van der Waals surface area contributed by atoms with Crippen molar-refractivity contribution in [1.29, 1.82) is 0 Å². The van der Waals surface area contributed by atoms with E-state index in [0.29, 0.717) is 4.90 Å². The van der Waals surface area contributed by atoms with Gasteiger partial charge in [-0.15, -0.1) is 0 Å². The number of aryl methyl sites for hydroxylation is 1. The second-order valence-corrected chi connectivity index (χ2v) is 10.6. The van der Waals surface area contributed by atoms with Gasteiger partial charge in [-0.25, -0.2) is 8.42 Å². The van der Waals surface area contributed by atoms with E-state index in [-0.39, 0.29) is 9.17 Å². The molecule has 130 valence electrons. The molecule has 0 amide bonds.